The van der Waals surface area contributed by atoms with Crippen LogP contribution in [0.15, 0.2) is 39.8 Å². The summed E-state index contributed by atoms with van der Waals surface area (Å²) in [6.07, 6.45) is 0.897. The maximum absolute atomic E-state index is 5.23. The number of rotatable bonds is 5. The topological polar surface area (TPSA) is 56.9 Å². The van der Waals surface area contributed by atoms with E-state index in [4.69, 9.17) is 4.52 Å². The summed E-state index contributed by atoms with van der Waals surface area (Å²) >= 11 is 0. The molecule has 0 unspecified atom stereocenters. The average molecular weight is 355 g/mol. The summed E-state index contributed by atoms with van der Waals surface area (Å²) in [7, 11) is 1.86. The first-order chi connectivity index (χ1) is 12.7. The molecule has 0 bridgehead atoms. The Hall–Kier alpha value is -2.34. The normalized spacial score (nSPS) is 16.1. The first-order valence-corrected chi connectivity index (χ1v) is 9.31. The van der Waals surface area contributed by atoms with Gasteiger partial charge in [-0.05, 0) is 25.8 Å². The predicted octanol–water partition coefficient (Wildman–Crippen LogP) is 2.23. The number of aryl methyl sites for hydroxylation is 2. The lowest BCUT2D eigenvalue weighted by Gasteiger charge is -2.36. The molecule has 1 aromatic carbocycles. The minimum Gasteiger partial charge on any atom is -0.361 e. The highest BCUT2D eigenvalue weighted by Gasteiger charge is 2.19. The minimum absolute atomic E-state index is 0.833. The van der Waals surface area contributed by atoms with E-state index >= 15 is 0 Å². The van der Waals surface area contributed by atoms with Crippen LogP contribution in [0.4, 0.5) is 0 Å². The number of hydrogen-bond acceptors (Lipinski definition) is 4. The molecule has 2 heterocycles. The lowest BCUT2D eigenvalue weighted by Crippen LogP contribution is -2.52. The molecule has 1 aliphatic rings. The zero-order valence-corrected chi connectivity index (χ0v) is 16.0. The van der Waals surface area contributed by atoms with Crippen molar-refractivity contribution in [2.45, 2.75) is 26.8 Å². The Kier molecular flexibility index (Phi) is 6.28. The molecule has 0 atom stereocenters. The molecule has 1 fully saturated rings. The molecule has 140 valence electrons. The molecular weight excluding hydrogens is 326 g/mol. The lowest BCUT2D eigenvalue weighted by atomic mass is 10.1. The number of aliphatic imine (C=N–C) groups is 1. The molecule has 1 aromatic heterocycles. The Morgan fingerprint density at radius 3 is 2.50 bits per heavy atom. The van der Waals surface area contributed by atoms with Gasteiger partial charge < -0.3 is 14.7 Å². The molecule has 2 aromatic rings. The molecule has 1 N–H and O–H groups in total. The molecule has 26 heavy (non-hydrogen) atoms. The summed E-state index contributed by atoms with van der Waals surface area (Å²) in [4.78, 5) is 9.30. The van der Waals surface area contributed by atoms with Crippen molar-refractivity contribution in [3.05, 3.63) is 52.9 Å². The molecular formula is C20H29N5O. The first-order valence-electron chi connectivity index (χ1n) is 9.31. The van der Waals surface area contributed by atoms with E-state index in [2.05, 4.69) is 55.6 Å². The minimum atomic E-state index is 0.833. The molecule has 1 aliphatic heterocycles. The molecule has 0 amide bonds. The van der Waals surface area contributed by atoms with Gasteiger partial charge in [0.15, 0.2) is 5.96 Å². The molecule has 1 saturated heterocycles. The van der Waals surface area contributed by atoms with Crippen molar-refractivity contribution in [2.24, 2.45) is 4.99 Å². The third-order valence-corrected chi connectivity index (χ3v) is 4.97. The van der Waals surface area contributed by atoms with E-state index < -0.39 is 0 Å². The molecule has 0 saturated carbocycles. The second-order valence-electron chi connectivity index (χ2n) is 6.78. The summed E-state index contributed by atoms with van der Waals surface area (Å²) in [5.41, 5.74) is 3.55. The van der Waals surface area contributed by atoms with Crippen LogP contribution in [0.5, 0.6) is 0 Å². The molecule has 0 spiro atoms. The van der Waals surface area contributed by atoms with Crippen molar-refractivity contribution in [3.8, 4) is 0 Å². The summed E-state index contributed by atoms with van der Waals surface area (Å²) < 4.78 is 5.23. The highest BCUT2D eigenvalue weighted by molar-refractivity contribution is 5.80. The predicted molar refractivity (Wildman–Crippen MR) is 104 cm³/mol. The Bertz CT molecular complexity index is 698. The Balaban J connectivity index is 1.45. The number of nitrogens with zero attached hydrogens (tertiary/aromatic N) is 4. The van der Waals surface area contributed by atoms with E-state index in [0.29, 0.717) is 0 Å². The third kappa shape index (κ3) is 4.64. The fourth-order valence-electron chi connectivity index (χ4n) is 3.45. The summed E-state index contributed by atoms with van der Waals surface area (Å²) in [5.74, 6) is 1.89. The summed E-state index contributed by atoms with van der Waals surface area (Å²) in [6.45, 7) is 9.92. The average Bonchev–Trinajstić information content (AvgIpc) is 2.99. The second-order valence-corrected chi connectivity index (χ2v) is 6.78. The van der Waals surface area contributed by atoms with Crippen LogP contribution < -0.4 is 5.32 Å². The van der Waals surface area contributed by atoms with Gasteiger partial charge in [0.25, 0.3) is 0 Å². The van der Waals surface area contributed by atoms with Crippen molar-refractivity contribution in [3.63, 3.8) is 0 Å². The largest absolute Gasteiger partial charge is 0.361 e. The van der Waals surface area contributed by atoms with Gasteiger partial charge in [0, 0.05) is 51.9 Å². The van der Waals surface area contributed by atoms with Crippen LogP contribution in [0.2, 0.25) is 0 Å². The number of aromatic nitrogens is 1. The van der Waals surface area contributed by atoms with Gasteiger partial charge in [-0.1, -0.05) is 35.5 Å². The number of nitrogens with one attached hydrogen (secondary N) is 1. The van der Waals surface area contributed by atoms with E-state index in [-0.39, 0.29) is 0 Å². The second kappa shape index (κ2) is 8.85. The number of hydrogen-bond donors (Lipinski definition) is 1. The van der Waals surface area contributed by atoms with Crippen LogP contribution >= 0.6 is 0 Å². The molecule has 3 rings (SSSR count). The monoisotopic (exact) mass is 355 g/mol. The smallest absolute Gasteiger partial charge is 0.193 e. The molecule has 0 radical (unpaired) electrons. The summed E-state index contributed by atoms with van der Waals surface area (Å²) in [6, 6.07) is 10.7. The molecule has 6 nitrogen and oxygen atoms in total. The zero-order chi connectivity index (χ0) is 18.4. The van der Waals surface area contributed by atoms with Gasteiger partial charge in [-0.2, -0.15) is 0 Å². The highest BCUT2D eigenvalue weighted by atomic mass is 16.5. The Labute approximate surface area is 155 Å². The van der Waals surface area contributed by atoms with Crippen LogP contribution in [0.25, 0.3) is 0 Å². The number of benzene rings is 1. The van der Waals surface area contributed by atoms with Crippen LogP contribution in [0.1, 0.15) is 22.6 Å². The van der Waals surface area contributed by atoms with Crippen molar-refractivity contribution in [1.82, 2.24) is 20.3 Å². The number of piperazine rings is 1. The maximum Gasteiger partial charge on any atom is 0.193 e. The Morgan fingerprint density at radius 2 is 1.88 bits per heavy atom. The van der Waals surface area contributed by atoms with Gasteiger partial charge in [0.2, 0.25) is 0 Å². The van der Waals surface area contributed by atoms with Gasteiger partial charge in [-0.25, -0.2) is 0 Å². The molecule has 6 heteroatoms. The van der Waals surface area contributed by atoms with E-state index in [1.165, 1.54) is 11.1 Å². The van der Waals surface area contributed by atoms with E-state index in [1.54, 1.807) is 0 Å². The van der Waals surface area contributed by atoms with Crippen molar-refractivity contribution >= 4 is 5.96 Å². The van der Waals surface area contributed by atoms with E-state index in [0.717, 1.165) is 63.1 Å². The fraction of sp³-hybridized carbons (Fsp3) is 0.500. The van der Waals surface area contributed by atoms with Crippen LogP contribution in [-0.4, -0.2) is 60.7 Å². The standard InChI is InChI=1S/C20H29N5O/c1-16-19(17(2)26-23-16)9-10-22-20(21-3)25-13-11-24(12-14-25)15-18-7-5-4-6-8-18/h4-8H,9-15H2,1-3H3,(H,21,22). The van der Waals surface area contributed by atoms with Gasteiger partial charge >= 0.3 is 0 Å². The highest BCUT2D eigenvalue weighted by Crippen LogP contribution is 2.12. The zero-order valence-electron chi connectivity index (χ0n) is 16.0. The van der Waals surface area contributed by atoms with Crippen LogP contribution in [-0.2, 0) is 13.0 Å². The fourth-order valence-corrected chi connectivity index (χ4v) is 3.45. The van der Waals surface area contributed by atoms with Crippen LogP contribution in [0.3, 0.4) is 0 Å². The van der Waals surface area contributed by atoms with Crippen molar-refractivity contribution in [2.75, 3.05) is 39.8 Å². The molecule has 0 aliphatic carbocycles. The number of guanidine groups is 1. The Morgan fingerprint density at radius 1 is 1.15 bits per heavy atom. The van der Waals surface area contributed by atoms with E-state index in [9.17, 15) is 0 Å². The third-order valence-electron chi connectivity index (χ3n) is 4.97. The SMILES string of the molecule is CN=C(NCCc1c(C)noc1C)N1CCN(Cc2ccccc2)CC1. The van der Waals surface area contributed by atoms with E-state index in [1.807, 2.05) is 20.9 Å². The summed E-state index contributed by atoms with van der Waals surface area (Å²) in [5, 5.41) is 7.50. The van der Waals surface area contributed by atoms with Crippen LogP contribution in [0, 0.1) is 13.8 Å². The van der Waals surface area contributed by atoms with Gasteiger partial charge in [0.1, 0.15) is 5.76 Å². The van der Waals surface area contributed by atoms with Gasteiger partial charge in [-0.3, -0.25) is 9.89 Å². The quantitative estimate of drug-likeness (QED) is 0.658. The maximum atomic E-state index is 5.23. The van der Waals surface area contributed by atoms with Crippen molar-refractivity contribution in [1.29, 1.82) is 0 Å². The first kappa shape index (κ1) is 18.5. The lowest BCUT2D eigenvalue weighted by molar-refractivity contribution is 0.172. The van der Waals surface area contributed by atoms with Gasteiger partial charge in [0.05, 0.1) is 5.69 Å². The van der Waals surface area contributed by atoms with Gasteiger partial charge in [-0.15, -0.1) is 0 Å². The van der Waals surface area contributed by atoms with Crippen molar-refractivity contribution < 1.29 is 4.52 Å².